The maximum atomic E-state index is 13.6. The number of carboxylic acid groups (broad SMARTS) is 1. The summed E-state index contributed by atoms with van der Waals surface area (Å²) in [5.41, 5.74) is 0.0940. The summed E-state index contributed by atoms with van der Waals surface area (Å²) in [6, 6.07) is 4.37. The number of carbonyl (C=O) groups is 2. The van der Waals surface area contributed by atoms with Gasteiger partial charge in [-0.2, -0.15) is 5.26 Å². The van der Waals surface area contributed by atoms with Crippen molar-refractivity contribution in [3.8, 4) is 6.07 Å². The van der Waals surface area contributed by atoms with Crippen molar-refractivity contribution >= 4 is 17.7 Å². The molecule has 0 aliphatic heterocycles. The summed E-state index contributed by atoms with van der Waals surface area (Å²) in [7, 11) is 0. The van der Waals surface area contributed by atoms with E-state index in [2.05, 4.69) is 10.6 Å². The van der Waals surface area contributed by atoms with E-state index < -0.39 is 23.9 Å². The lowest BCUT2D eigenvalue weighted by molar-refractivity contribution is -0.137. The number of carboxylic acids is 1. The van der Waals surface area contributed by atoms with Crippen molar-refractivity contribution < 1.29 is 19.1 Å². The molecular formula is C14H14FN3O3. The number of benzene rings is 1. The normalized spacial score (nSPS) is 14.9. The Morgan fingerprint density at radius 2 is 2.19 bits per heavy atom. The van der Waals surface area contributed by atoms with Gasteiger partial charge in [-0.05, 0) is 37.0 Å². The van der Waals surface area contributed by atoms with Gasteiger partial charge in [-0.1, -0.05) is 0 Å². The van der Waals surface area contributed by atoms with Gasteiger partial charge < -0.3 is 15.7 Å². The van der Waals surface area contributed by atoms with Crippen molar-refractivity contribution in [1.29, 1.82) is 5.26 Å². The highest BCUT2D eigenvalue weighted by molar-refractivity contribution is 5.90. The second-order valence-electron chi connectivity index (χ2n) is 4.95. The zero-order valence-corrected chi connectivity index (χ0v) is 11.1. The van der Waals surface area contributed by atoms with Crippen molar-refractivity contribution in [3.63, 3.8) is 0 Å². The maximum absolute atomic E-state index is 13.6. The van der Waals surface area contributed by atoms with Crippen LogP contribution < -0.4 is 10.6 Å². The molecule has 21 heavy (non-hydrogen) atoms. The highest BCUT2D eigenvalue weighted by atomic mass is 19.1. The first-order valence-corrected chi connectivity index (χ1v) is 6.48. The van der Waals surface area contributed by atoms with Crippen molar-refractivity contribution in [1.82, 2.24) is 5.32 Å². The molecule has 1 aliphatic carbocycles. The molecule has 1 saturated carbocycles. The van der Waals surface area contributed by atoms with Crippen LogP contribution in [0.5, 0.6) is 0 Å². The van der Waals surface area contributed by atoms with E-state index >= 15 is 0 Å². The van der Waals surface area contributed by atoms with Gasteiger partial charge in [-0.15, -0.1) is 0 Å². The van der Waals surface area contributed by atoms with Crippen LogP contribution in [-0.4, -0.2) is 23.1 Å². The molecule has 2 rings (SSSR count). The number of carbonyl (C=O) groups excluding carboxylic acids is 1. The van der Waals surface area contributed by atoms with Gasteiger partial charge in [0.2, 0.25) is 0 Å². The fourth-order valence-corrected chi connectivity index (χ4v) is 2.04. The Kier molecular flexibility index (Phi) is 4.38. The number of nitriles is 1. The number of halogens is 1. The first-order valence-electron chi connectivity index (χ1n) is 6.48. The third-order valence-electron chi connectivity index (χ3n) is 3.25. The van der Waals surface area contributed by atoms with Crippen LogP contribution in [0, 0.1) is 23.1 Å². The Labute approximate surface area is 120 Å². The second kappa shape index (κ2) is 6.22. The lowest BCUT2D eigenvalue weighted by Crippen LogP contribution is -2.40. The van der Waals surface area contributed by atoms with Crippen LogP contribution in [0.15, 0.2) is 18.2 Å². The van der Waals surface area contributed by atoms with Crippen LogP contribution in [0.2, 0.25) is 0 Å². The standard InChI is InChI=1S/C14H14FN3O3/c15-10-5-8(7-16)1-4-11(10)17-14(21)18-12(6-13(19)20)9-2-3-9/h1,4-5,9,12H,2-3,6H2,(H,19,20)(H2,17,18,21). The van der Waals surface area contributed by atoms with E-state index in [1.165, 1.54) is 12.1 Å². The first-order chi connectivity index (χ1) is 9.99. The average Bonchev–Trinajstić information content (AvgIpc) is 3.24. The van der Waals surface area contributed by atoms with Gasteiger partial charge in [0.1, 0.15) is 5.82 Å². The van der Waals surface area contributed by atoms with Crippen LogP contribution in [0.25, 0.3) is 0 Å². The van der Waals surface area contributed by atoms with Gasteiger partial charge in [0.15, 0.2) is 0 Å². The molecule has 7 heteroatoms. The van der Waals surface area contributed by atoms with Crippen molar-refractivity contribution in [2.75, 3.05) is 5.32 Å². The number of hydrogen-bond donors (Lipinski definition) is 3. The fraction of sp³-hybridized carbons (Fsp3) is 0.357. The molecular weight excluding hydrogens is 277 g/mol. The molecule has 1 fully saturated rings. The molecule has 0 bridgehead atoms. The average molecular weight is 291 g/mol. The van der Waals surface area contributed by atoms with Gasteiger partial charge in [-0.3, -0.25) is 4.79 Å². The predicted molar refractivity (Wildman–Crippen MR) is 72.0 cm³/mol. The Balaban J connectivity index is 1.97. The summed E-state index contributed by atoms with van der Waals surface area (Å²) in [5.74, 6) is -1.54. The van der Waals surface area contributed by atoms with E-state index in [0.717, 1.165) is 18.9 Å². The van der Waals surface area contributed by atoms with Crippen LogP contribution in [0.1, 0.15) is 24.8 Å². The molecule has 0 saturated heterocycles. The predicted octanol–water partition coefficient (Wildman–Crippen LogP) is 2.07. The zero-order chi connectivity index (χ0) is 15.4. The van der Waals surface area contributed by atoms with Gasteiger partial charge >= 0.3 is 12.0 Å². The second-order valence-corrected chi connectivity index (χ2v) is 4.95. The molecule has 1 aliphatic rings. The molecule has 0 spiro atoms. The molecule has 1 aromatic carbocycles. The Morgan fingerprint density at radius 3 is 2.71 bits per heavy atom. The smallest absolute Gasteiger partial charge is 0.319 e. The number of amides is 2. The molecule has 0 heterocycles. The van der Waals surface area contributed by atoms with E-state index in [9.17, 15) is 14.0 Å². The van der Waals surface area contributed by atoms with Crippen LogP contribution in [0.3, 0.4) is 0 Å². The van der Waals surface area contributed by atoms with E-state index in [-0.39, 0.29) is 23.6 Å². The van der Waals surface area contributed by atoms with E-state index in [4.69, 9.17) is 10.4 Å². The SMILES string of the molecule is N#Cc1ccc(NC(=O)NC(CC(=O)O)C2CC2)c(F)c1. The topological polar surface area (TPSA) is 102 Å². The fourth-order valence-electron chi connectivity index (χ4n) is 2.04. The summed E-state index contributed by atoms with van der Waals surface area (Å²) >= 11 is 0. The molecule has 110 valence electrons. The minimum absolute atomic E-state index is 0.0589. The van der Waals surface area contributed by atoms with E-state index in [0.29, 0.717) is 0 Å². The third kappa shape index (κ3) is 4.18. The van der Waals surface area contributed by atoms with Crippen molar-refractivity contribution in [3.05, 3.63) is 29.6 Å². The van der Waals surface area contributed by atoms with Gasteiger partial charge in [-0.25, -0.2) is 9.18 Å². The summed E-state index contributed by atoms with van der Waals surface area (Å²) in [4.78, 5) is 22.5. The number of aliphatic carboxylic acids is 1. The minimum Gasteiger partial charge on any atom is -0.481 e. The monoisotopic (exact) mass is 291 g/mol. The lowest BCUT2D eigenvalue weighted by Gasteiger charge is -2.17. The molecule has 3 N–H and O–H groups in total. The Hall–Kier alpha value is -2.62. The lowest BCUT2D eigenvalue weighted by atomic mass is 10.1. The van der Waals surface area contributed by atoms with Gasteiger partial charge in [0.05, 0.1) is 23.7 Å². The molecule has 1 unspecified atom stereocenters. The highest BCUT2D eigenvalue weighted by Gasteiger charge is 2.33. The van der Waals surface area contributed by atoms with E-state index in [1.54, 1.807) is 6.07 Å². The number of rotatable bonds is 5. The molecule has 0 radical (unpaired) electrons. The number of urea groups is 1. The number of hydrogen-bond acceptors (Lipinski definition) is 3. The van der Waals surface area contributed by atoms with Gasteiger partial charge in [0.25, 0.3) is 0 Å². The van der Waals surface area contributed by atoms with E-state index in [1.807, 2.05) is 0 Å². The minimum atomic E-state index is -0.989. The zero-order valence-electron chi connectivity index (χ0n) is 11.1. The Bertz CT molecular complexity index is 608. The molecule has 6 nitrogen and oxygen atoms in total. The summed E-state index contributed by atoms with van der Waals surface area (Å²) in [6.45, 7) is 0. The van der Waals surface area contributed by atoms with Crippen molar-refractivity contribution in [2.24, 2.45) is 5.92 Å². The quantitative estimate of drug-likeness (QED) is 0.772. The maximum Gasteiger partial charge on any atom is 0.319 e. The number of nitrogens with one attached hydrogen (secondary N) is 2. The molecule has 2 amide bonds. The highest BCUT2D eigenvalue weighted by Crippen LogP contribution is 2.34. The summed E-state index contributed by atoms with van der Waals surface area (Å²) < 4.78 is 13.6. The largest absolute Gasteiger partial charge is 0.481 e. The Morgan fingerprint density at radius 1 is 1.48 bits per heavy atom. The molecule has 1 atom stereocenters. The number of nitrogens with zero attached hydrogens (tertiary/aromatic N) is 1. The number of anilines is 1. The summed E-state index contributed by atoms with van der Waals surface area (Å²) in [6.07, 6.45) is 1.60. The van der Waals surface area contributed by atoms with Gasteiger partial charge in [0, 0.05) is 6.04 Å². The molecule has 1 aromatic rings. The summed E-state index contributed by atoms with van der Waals surface area (Å²) in [5, 5.41) is 22.3. The van der Waals surface area contributed by atoms with Crippen LogP contribution in [0.4, 0.5) is 14.9 Å². The first kappa shape index (κ1) is 14.8. The van der Waals surface area contributed by atoms with Crippen molar-refractivity contribution in [2.45, 2.75) is 25.3 Å². The third-order valence-corrected chi connectivity index (χ3v) is 3.25. The van der Waals surface area contributed by atoms with Crippen LogP contribution in [-0.2, 0) is 4.79 Å². The van der Waals surface area contributed by atoms with Crippen LogP contribution >= 0.6 is 0 Å². The molecule has 0 aromatic heterocycles.